The van der Waals surface area contributed by atoms with Crippen LogP contribution in [0, 0.1) is 0 Å². The third-order valence-electron chi connectivity index (χ3n) is 4.40. The summed E-state index contributed by atoms with van der Waals surface area (Å²) in [6.07, 6.45) is 0.337. The second-order valence-corrected chi connectivity index (χ2v) is 8.10. The maximum Gasteiger partial charge on any atom is 0.219 e. The van der Waals surface area contributed by atoms with Crippen molar-refractivity contribution in [1.82, 2.24) is 4.31 Å². The Morgan fingerprint density at radius 1 is 1.18 bits per heavy atom. The Morgan fingerprint density at radius 3 is 2.64 bits per heavy atom. The van der Waals surface area contributed by atoms with Gasteiger partial charge in [-0.25, -0.2) is 12.7 Å². The summed E-state index contributed by atoms with van der Waals surface area (Å²) in [5.74, 6) is 0. The highest BCUT2D eigenvalue weighted by Gasteiger charge is 2.38. The molecule has 0 N–H and O–H groups in total. The quantitative estimate of drug-likeness (QED) is 0.870. The van der Waals surface area contributed by atoms with Gasteiger partial charge in [-0.2, -0.15) is 0 Å². The lowest BCUT2D eigenvalue weighted by Crippen LogP contribution is -2.39. The number of rotatable bonds is 4. The second kappa shape index (κ2) is 5.99. The van der Waals surface area contributed by atoms with Gasteiger partial charge >= 0.3 is 0 Å². The molecule has 0 radical (unpaired) electrons. The number of benzene rings is 2. The van der Waals surface area contributed by atoms with Crippen LogP contribution in [0.4, 0.5) is 0 Å². The van der Waals surface area contributed by atoms with Crippen LogP contribution in [-0.4, -0.2) is 37.7 Å². The summed E-state index contributed by atoms with van der Waals surface area (Å²) in [6.45, 7) is 2.74. The molecule has 2 unspecified atom stereocenters. The van der Waals surface area contributed by atoms with Gasteiger partial charge in [0.1, 0.15) is 5.25 Å². The van der Waals surface area contributed by atoms with Crippen LogP contribution in [0.3, 0.4) is 0 Å². The molecule has 0 spiro atoms. The Bertz CT molecular complexity index is 767. The molecule has 2 atom stereocenters. The summed E-state index contributed by atoms with van der Waals surface area (Å²) >= 11 is 0. The van der Waals surface area contributed by atoms with E-state index < -0.39 is 15.3 Å². The molecule has 2 aromatic carbocycles. The third-order valence-corrected chi connectivity index (χ3v) is 6.78. The average molecular weight is 319 g/mol. The highest BCUT2D eigenvalue weighted by molar-refractivity contribution is 7.89. The van der Waals surface area contributed by atoms with Crippen LogP contribution in [0.2, 0.25) is 0 Å². The molecule has 0 saturated carbocycles. The Balaban J connectivity index is 1.88. The van der Waals surface area contributed by atoms with E-state index in [1.54, 1.807) is 7.05 Å². The third kappa shape index (κ3) is 2.76. The molecule has 2 aromatic rings. The molecule has 3 rings (SSSR count). The van der Waals surface area contributed by atoms with Gasteiger partial charge in [0.2, 0.25) is 10.0 Å². The van der Waals surface area contributed by atoms with E-state index in [0.29, 0.717) is 19.6 Å². The van der Waals surface area contributed by atoms with Gasteiger partial charge in [-0.05, 0) is 29.7 Å². The van der Waals surface area contributed by atoms with Crippen LogP contribution in [0.1, 0.15) is 18.9 Å². The van der Waals surface area contributed by atoms with Gasteiger partial charge < -0.3 is 4.74 Å². The summed E-state index contributed by atoms with van der Waals surface area (Å²) in [4.78, 5) is 0. The molecule has 118 valence electrons. The summed E-state index contributed by atoms with van der Waals surface area (Å²) in [5, 5.41) is 1.79. The molecule has 5 heteroatoms. The molecule has 1 aliphatic rings. The predicted molar refractivity (Wildman–Crippen MR) is 88.2 cm³/mol. The van der Waals surface area contributed by atoms with Gasteiger partial charge in [-0.1, -0.05) is 42.5 Å². The number of sulfonamides is 1. The van der Waals surface area contributed by atoms with Crippen molar-refractivity contribution in [3.63, 3.8) is 0 Å². The summed E-state index contributed by atoms with van der Waals surface area (Å²) in [7, 11) is -1.69. The van der Waals surface area contributed by atoms with Gasteiger partial charge in [0, 0.05) is 20.2 Å². The molecular weight excluding hydrogens is 298 g/mol. The van der Waals surface area contributed by atoms with E-state index in [2.05, 4.69) is 0 Å². The molecular formula is C17H21NO3S. The van der Waals surface area contributed by atoms with Gasteiger partial charge in [0.25, 0.3) is 0 Å². The number of fused-ring (bicyclic) bond motifs is 1. The molecule has 1 aliphatic heterocycles. The fourth-order valence-corrected chi connectivity index (χ4v) is 4.83. The first kappa shape index (κ1) is 15.5. The first-order valence-electron chi connectivity index (χ1n) is 7.53. The molecule has 1 saturated heterocycles. The lowest BCUT2D eigenvalue weighted by molar-refractivity contribution is 0.125. The normalized spacial score (nSPS) is 22.5. The highest BCUT2D eigenvalue weighted by atomic mass is 32.2. The Labute approximate surface area is 131 Å². The first-order valence-corrected chi connectivity index (χ1v) is 9.04. The maximum atomic E-state index is 12.7. The van der Waals surface area contributed by atoms with E-state index in [-0.39, 0.29) is 6.10 Å². The fourth-order valence-electron chi connectivity index (χ4n) is 3.09. The van der Waals surface area contributed by atoms with E-state index in [9.17, 15) is 8.42 Å². The number of nitrogens with zero attached hydrogens (tertiary/aromatic N) is 1. The monoisotopic (exact) mass is 319 g/mol. The smallest absolute Gasteiger partial charge is 0.219 e. The van der Waals surface area contributed by atoms with E-state index in [1.165, 1.54) is 4.31 Å². The van der Waals surface area contributed by atoms with Crippen LogP contribution in [0.15, 0.2) is 42.5 Å². The highest BCUT2D eigenvalue weighted by Crippen LogP contribution is 2.26. The van der Waals surface area contributed by atoms with Gasteiger partial charge in [-0.3, -0.25) is 0 Å². The van der Waals surface area contributed by atoms with E-state index >= 15 is 0 Å². The average Bonchev–Trinajstić information content (AvgIpc) is 2.94. The molecule has 0 aliphatic carbocycles. The minimum atomic E-state index is -3.35. The van der Waals surface area contributed by atoms with Crippen molar-refractivity contribution < 1.29 is 13.2 Å². The van der Waals surface area contributed by atoms with Crippen molar-refractivity contribution in [2.75, 3.05) is 13.7 Å². The number of hydrogen-bond acceptors (Lipinski definition) is 3. The van der Waals surface area contributed by atoms with Crippen molar-refractivity contribution >= 4 is 20.8 Å². The van der Waals surface area contributed by atoms with Crippen LogP contribution in [0.5, 0.6) is 0 Å². The van der Waals surface area contributed by atoms with Crippen LogP contribution >= 0.6 is 0 Å². The van der Waals surface area contributed by atoms with E-state index in [1.807, 2.05) is 49.4 Å². The SMILES string of the molecule is CC1OCCC1S(=O)(=O)N(C)Cc1cccc2ccccc12. The largest absolute Gasteiger partial charge is 0.377 e. The van der Waals surface area contributed by atoms with Crippen molar-refractivity contribution in [2.45, 2.75) is 31.2 Å². The summed E-state index contributed by atoms with van der Waals surface area (Å²) in [6, 6.07) is 14.0. The molecule has 0 bridgehead atoms. The second-order valence-electron chi connectivity index (χ2n) is 5.84. The zero-order chi connectivity index (χ0) is 15.7. The Hall–Kier alpha value is -1.43. The topological polar surface area (TPSA) is 46.6 Å². The maximum absolute atomic E-state index is 12.7. The molecule has 22 heavy (non-hydrogen) atoms. The minimum Gasteiger partial charge on any atom is -0.377 e. The van der Waals surface area contributed by atoms with E-state index in [0.717, 1.165) is 16.3 Å². The Morgan fingerprint density at radius 2 is 1.91 bits per heavy atom. The van der Waals surface area contributed by atoms with Crippen molar-refractivity contribution in [3.05, 3.63) is 48.0 Å². The van der Waals surface area contributed by atoms with E-state index in [4.69, 9.17) is 4.74 Å². The summed E-state index contributed by atoms with van der Waals surface area (Å²) < 4.78 is 32.3. The van der Waals surface area contributed by atoms with Crippen LogP contribution < -0.4 is 0 Å². The zero-order valence-electron chi connectivity index (χ0n) is 12.9. The number of hydrogen-bond donors (Lipinski definition) is 0. The molecule has 1 heterocycles. The lowest BCUT2D eigenvalue weighted by atomic mass is 10.0. The Kier molecular flexibility index (Phi) is 4.21. The number of ether oxygens (including phenoxy) is 1. The van der Waals surface area contributed by atoms with Crippen LogP contribution in [-0.2, 0) is 21.3 Å². The van der Waals surface area contributed by atoms with Crippen molar-refractivity contribution in [2.24, 2.45) is 0 Å². The predicted octanol–water partition coefficient (Wildman–Crippen LogP) is 2.78. The first-order chi connectivity index (χ1) is 10.5. The van der Waals surface area contributed by atoms with Gasteiger partial charge in [-0.15, -0.1) is 0 Å². The minimum absolute atomic E-state index is 0.236. The summed E-state index contributed by atoms with van der Waals surface area (Å²) in [5.41, 5.74) is 1.02. The molecule has 1 fully saturated rings. The molecule has 0 aromatic heterocycles. The van der Waals surface area contributed by atoms with Crippen molar-refractivity contribution in [1.29, 1.82) is 0 Å². The fraction of sp³-hybridized carbons (Fsp3) is 0.412. The lowest BCUT2D eigenvalue weighted by Gasteiger charge is -2.23. The standard InChI is InChI=1S/C17H21NO3S/c1-13-17(10-11-21-13)22(19,20)18(2)12-15-8-5-7-14-6-3-4-9-16(14)15/h3-9,13,17H,10-12H2,1-2H3. The van der Waals surface area contributed by atoms with Crippen molar-refractivity contribution in [3.8, 4) is 0 Å². The van der Waals surface area contributed by atoms with Crippen LogP contribution in [0.25, 0.3) is 10.8 Å². The molecule has 4 nitrogen and oxygen atoms in total. The van der Waals surface area contributed by atoms with Gasteiger partial charge in [0.15, 0.2) is 0 Å². The van der Waals surface area contributed by atoms with Gasteiger partial charge in [0.05, 0.1) is 6.10 Å². The zero-order valence-corrected chi connectivity index (χ0v) is 13.7. The molecule has 0 amide bonds.